The van der Waals surface area contributed by atoms with Crippen LogP contribution in [-0.4, -0.2) is 15.7 Å². The van der Waals surface area contributed by atoms with Gasteiger partial charge in [0.1, 0.15) is 0 Å². The Morgan fingerprint density at radius 3 is 2.86 bits per heavy atom. The highest BCUT2D eigenvalue weighted by Gasteiger charge is 2.35. The number of carbonyl (C=O) groups excluding carboxylic acids is 1. The summed E-state index contributed by atoms with van der Waals surface area (Å²) >= 11 is 0. The number of nitrogens with one attached hydrogen (secondary N) is 1. The van der Waals surface area contributed by atoms with Crippen molar-refractivity contribution in [1.82, 2.24) is 15.1 Å². The molecule has 21 heavy (non-hydrogen) atoms. The van der Waals surface area contributed by atoms with Crippen LogP contribution < -0.4 is 5.32 Å². The van der Waals surface area contributed by atoms with E-state index in [-0.39, 0.29) is 17.4 Å². The third kappa shape index (κ3) is 3.14. The molecule has 1 atom stereocenters. The number of aryl methyl sites for hydroxylation is 1. The van der Waals surface area contributed by atoms with E-state index in [0.717, 1.165) is 12.8 Å². The zero-order chi connectivity index (χ0) is 15.0. The fourth-order valence-corrected chi connectivity index (χ4v) is 4.03. The number of aromatic nitrogens is 2. The molecular formula is C17H27N3O. The lowest BCUT2D eigenvalue weighted by molar-refractivity contribution is -0.123. The summed E-state index contributed by atoms with van der Waals surface area (Å²) in [5, 5.41) is 7.67. The summed E-state index contributed by atoms with van der Waals surface area (Å²) in [6, 6.07) is 0.131. The van der Waals surface area contributed by atoms with Gasteiger partial charge in [0.25, 0.3) is 0 Å². The summed E-state index contributed by atoms with van der Waals surface area (Å²) < 4.78 is 1.96. The smallest absolute Gasteiger partial charge is 0.220 e. The number of amides is 1. The van der Waals surface area contributed by atoms with Crippen LogP contribution in [0.3, 0.4) is 0 Å². The van der Waals surface area contributed by atoms with E-state index in [0.29, 0.717) is 12.3 Å². The average Bonchev–Trinajstić information content (AvgIpc) is 2.99. The van der Waals surface area contributed by atoms with Crippen LogP contribution in [0.2, 0.25) is 0 Å². The summed E-state index contributed by atoms with van der Waals surface area (Å²) in [5.74, 6) is 0.828. The monoisotopic (exact) mass is 289 g/mol. The lowest BCUT2D eigenvalue weighted by atomic mass is 9.74. The molecule has 1 N–H and O–H groups in total. The SMILES string of the molecule is Cn1ncc2c1CC(C)(C)C[C@@H]2NC(=O)CC1CCCC1. The standard InChI is InChI=1S/C17H27N3O/c1-17(2)9-14(13-11-18-20(3)15(13)10-17)19-16(21)8-12-6-4-5-7-12/h11-12,14H,4-10H2,1-3H3,(H,19,21)/t14-/m0/s1. The van der Waals surface area contributed by atoms with Gasteiger partial charge in [-0.05, 0) is 37.0 Å². The molecule has 116 valence electrons. The molecule has 1 aromatic rings. The van der Waals surface area contributed by atoms with E-state index in [2.05, 4.69) is 24.3 Å². The molecule has 1 fully saturated rings. The summed E-state index contributed by atoms with van der Waals surface area (Å²) in [4.78, 5) is 12.4. The lowest BCUT2D eigenvalue weighted by Crippen LogP contribution is -2.37. The highest BCUT2D eigenvalue weighted by Crippen LogP contribution is 2.40. The zero-order valence-corrected chi connectivity index (χ0v) is 13.5. The van der Waals surface area contributed by atoms with E-state index >= 15 is 0 Å². The summed E-state index contributed by atoms with van der Waals surface area (Å²) in [6.07, 6.45) is 9.71. The third-order valence-electron chi connectivity index (χ3n) is 5.16. The second kappa shape index (κ2) is 5.47. The van der Waals surface area contributed by atoms with Gasteiger partial charge in [-0.15, -0.1) is 0 Å². The van der Waals surface area contributed by atoms with E-state index in [4.69, 9.17) is 0 Å². The minimum Gasteiger partial charge on any atom is -0.349 e. The molecule has 0 aromatic carbocycles. The number of hydrogen-bond donors (Lipinski definition) is 1. The van der Waals surface area contributed by atoms with Gasteiger partial charge in [-0.25, -0.2) is 0 Å². The molecule has 1 aromatic heterocycles. The normalized spacial score (nSPS) is 24.8. The van der Waals surface area contributed by atoms with Gasteiger partial charge in [-0.2, -0.15) is 5.10 Å². The molecule has 4 nitrogen and oxygen atoms in total. The van der Waals surface area contributed by atoms with Crippen molar-refractivity contribution >= 4 is 5.91 Å². The summed E-state index contributed by atoms with van der Waals surface area (Å²) in [7, 11) is 2.00. The predicted molar refractivity (Wildman–Crippen MR) is 82.8 cm³/mol. The Morgan fingerprint density at radius 2 is 2.14 bits per heavy atom. The van der Waals surface area contributed by atoms with Crippen LogP contribution in [0.5, 0.6) is 0 Å². The van der Waals surface area contributed by atoms with Crippen LogP contribution in [-0.2, 0) is 18.3 Å². The first-order valence-corrected chi connectivity index (χ1v) is 8.25. The Balaban J connectivity index is 1.70. The maximum Gasteiger partial charge on any atom is 0.220 e. The van der Waals surface area contributed by atoms with Gasteiger partial charge in [0.05, 0.1) is 12.2 Å². The van der Waals surface area contributed by atoms with Crippen molar-refractivity contribution in [3.8, 4) is 0 Å². The number of carbonyl (C=O) groups is 1. The largest absolute Gasteiger partial charge is 0.349 e. The molecule has 1 heterocycles. The molecular weight excluding hydrogens is 262 g/mol. The molecule has 0 spiro atoms. The second-order valence-electron chi connectivity index (χ2n) is 7.69. The van der Waals surface area contributed by atoms with Gasteiger partial charge in [0, 0.05) is 24.7 Å². The van der Waals surface area contributed by atoms with Crippen molar-refractivity contribution in [3.05, 3.63) is 17.5 Å². The Hall–Kier alpha value is -1.32. The molecule has 2 aliphatic rings. The quantitative estimate of drug-likeness (QED) is 0.929. The molecule has 0 saturated heterocycles. The van der Waals surface area contributed by atoms with Crippen molar-refractivity contribution in [2.45, 2.75) is 64.8 Å². The second-order valence-corrected chi connectivity index (χ2v) is 7.69. The van der Waals surface area contributed by atoms with Gasteiger partial charge in [-0.3, -0.25) is 9.48 Å². The highest BCUT2D eigenvalue weighted by molar-refractivity contribution is 5.76. The van der Waals surface area contributed by atoms with Crippen molar-refractivity contribution in [3.63, 3.8) is 0 Å². The van der Waals surface area contributed by atoms with Gasteiger partial charge >= 0.3 is 0 Å². The van der Waals surface area contributed by atoms with E-state index in [1.165, 1.54) is 36.9 Å². The first kappa shape index (κ1) is 14.6. The van der Waals surface area contributed by atoms with Crippen LogP contribution in [0, 0.1) is 11.3 Å². The topological polar surface area (TPSA) is 46.9 Å². The van der Waals surface area contributed by atoms with Crippen LogP contribution >= 0.6 is 0 Å². The van der Waals surface area contributed by atoms with E-state index < -0.39 is 0 Å². The Kier molecular flexibility index (Phi) is 3.80. The summed E-state index contributed by atoms with van der Waals surface area (Å²) in [6.45, 7) is 4.55. The van der Waals surface area contributed by atoms with Crippen LogP contribution in [0.1, 0.15) is 69.7 Å². The molecule has 1 amide bonds. The van der Waals surface area contributed by atoms with Gasteiger partial charge in [0.15, 0.2) is 0 Å². The fraction of sp³-hybridized carbons (Fsp3) is 0.765. The van der Waals surface area contributed by atoms with E-state index in [1.54, 1.807) is 0 Å². The predicted octanol–water partition coefficient (Wildman–Crippen LogP) is 3.13. The van der Waals surface area contributed by atoms with Crippen LogP contribution in [0.25, 0.3) is 0 Å². The third-order valence-corrected chi connectivity index (χ3v) is 5.16. The minimum absolute atomic E-state index is 0.131. The molecule has 0 radical (unpaired) electrons. The van der Waals surface area contributed by atoms with Crippen molar-refractivity contribution < 1.29 is 4.79 Å². The number of fused-ring (bicyclic) bond motifs is 1. The molecule has 0 aliphatic heterocycles. The van der Waals surface area contributed by atoms with Gasteiger partial charge < -0.3 is 5.32 Å². The Morgan fingerprint density at radius 1 is 1.43 bits per heavy atom. The minimum atomic E-state index is 0.131. The van der Waals surface area contributed by atoms with Crippen LogP contribution in [0.15, 0.2) is 6.20 Å². The Labute approximate surface area is 127 Å². The van der Waals surface area contributed by atoms with Gasteiger partial charge in [-0.1, -0.05) is 26.7 Å². The Bertz CT molecular complexity index is 526. The van der Waals surface area contributed by atoms with Crippen molar-refractivity contribution in [1.29, 1.82) is 0 Å². The first-order chi connectivity index (χ1) is 9.94. The number of nitrogens with zero attached hydrogens (tertiary/aromatic N) is 2. The average molecular weight is 289 g/mol. The number of hydrogen-bond acceptors (Lipinski definition) is 2. The van der Waals surface area contributed by atoms with Crippen molar-refractivity contribution in [2.75, 3.05) is 0 Å². The number of rotatable bonds is 3. The molecule has 3 rings (SSSR count). The highest BCUT2D eigenvalue weighted by atomic mass is 16.1. The molecule has 1 saturated carbocycles. The molecule has 0 unspecified atom stereocenters. The van der Waals surface area contributed by atoms with Crippen molar-refractivity contribution in [2.24, 2.45) is 18.4 Å². The molecule has 2 aliphatic carbocycles. The zero-order valence-electron chi connectivity index (χ0n) is 13.5. The maximum atomic E-state index is 12.4. The van der Waals surface area contributed by atoms with Gasteiger partial charge in [0.2, 0.25) is 5.91 Å². The van der Waals surface area contributed by atoms with E-state index in [1.807, 2.05) is 17.9 Å². The first-order valence-electron chi connectivity index (χ1n) is 8.25. The lowest BCUT2D eigenvalue weighted by Gasteiger charge is -2.35. The van der Waals surface area contributed by atoms with Crippen LogP contribution in [0.4, 0.5) is 0 Å². The fourth-order valence-electron chi connectivity index (χ4n) is 4.03. The molecule has 0 bridgehead atoms. The molecule has 4 heteroatoms. The van der Waals surface area contributed by atoms with E-state index in [9.17, 15) is 4.79 Å². The maximum absolute atomic E-state index is 12.4. The summed E-state index contributed by atoms with van der Waals surface area (Å²) in [5.41, 5.74) is 2.71.